The normalized spacial score (nSPS) is 10.1. The van der Waals surface area contributed by atoms with Gasteiger partial charge in [0.05, 0.1) is 0 Å². The first kappa shape index (κ1) is 15.3. The largest absolute Gasteiger partial charge is 0.329 e. The zero-order chi connectivity index (χ0) is 16.1. The number of aryl methyl sites for hydroxylation is 1. The molecule has 0 radical (unpaired) electrons. The molecule has 4 aromatic rings. The molecule has 23 heavy (non-hydrogen) atoms. The van der Waals surface area contributed by atoms with Gasteiger partial charge < -0.3 is 5.32 Å². The number of thiophene rings is 1. The highest BCUT2D eigenvalue weighted by Gasteiger charge is 2.02. The maximum atomic E-state index is 9.86. The number of para-hydroxylation sites is 1. The minimum Gasteiger partial charge on any atom is -0.329 e. The van der Waals surface area contributed by atoms with Crippen LogP contribution in [-0.4, -0.2) is 6.41 Å². The number of benzene rings is 3. The second kappa shape index (κ2) is 7.07. The van der Waals surface area contributed by atoms with Gasteiger partial charge in [0.25, 0.3) is 0 Å². The van der Waals surface area contributed by atoms with Crippen LogP contribution in [0.15, 0.2) is 72.8 Å². The maximum Gasteiger partial charge on any atom is 0.211 e. The van der Waals surface area contributed by atoms with Gasteiger partial charge in [-0.2, -0.15) is 0 Å². The van der Waals surface area contributed by atoms with Gasteiger partial charge in [-0.3, -0.25) is 4.79 Å². The number of carbonyl (C=O) groups is 1. The number of hydrogen-bond acceptors (Lipinski definition) is 2. The fourth-order valence-corrected chi connectivity index (χ4v) is 3.64. The highest BCUT2D eigenvalue weighted by Crippen LogP contribution is 2.33. The predicted molar refractivity (Wildman–Crippen MR) is 100 cm³/mol. The van der Waals surface area contributed by atoms with Crippen molar-refractivity contribution >= 4 is 43.6 Å². The fourth-order valence-electron chi connectivity index (χ4n) is 2.44. The van der Waals surface area contributed by atoms with Crippen LogP contribution in [0.1, 0.15) is 5.56 Å². The summed E-state index contributed by atoms with van der Waals surface area (Å²) in [6, 6.07) is 24.6. The number of hydrogen-bond donors (Lipinski definition) is 1. The van der Waals surface area contributed by atoms with Gasteiger partial charge in [-0.25, -0.2) is 0 Å². The quantitative estimate of drug-likeness (QED) is 0.477. The highest BCUT2D eigenvalue weighted by molar-refractivity contribution is 7.25. The molecular weight excluding hydrogens is 302 g/mol. The van der Waals surface area contributed by atoms with Crippen molar-refractivity contribution in [2.45, 2.75) is 6.92 Å². The molecule has 4 rings (SSSR count). The van der Waals surface area contributed by atoms with E-state index >= 15 is 0 Å². The summed E-state index contributed by atoms with van der Waals surface area (Å²) >= 11 is 1.88. The number of amides is 1. The second-order valence-corrected chi connectivity index (χ2v) is 6.31. The molecule has 0 aliphatic heterocycles. The summed E-state index contributed by atoms with van der Waals surface area (Å²) in [6.07, 6.45) is 0.662. The maximum absolute atomic E-state index is 9.86. The molecule has 0 bridgehead atoms. The van der Waals surface area contributed by atoms with Crippen molar-refractivity contribution in [3.63, 3.8) is 0 Å². The van der Waals surface area contributed by atoms with Gasteiger partial charge in [0.1, 0.15) is 0 Å². The summed E-state index contributed by atoms with van der Waals surface area (Å²) in [6.45, 7) is 2.14. The van der Waals surface area contributed by atoms with E-state index in [0.717, 1.165) is 5.69 Å². The van der Waals surface area contributed by atoms with E-state index in [1.165, 1.54) is 25.7 Å². The van der Waals surface area contributed by atoms with Gasteiger partial charge >= 0.3 is 0 Å². The molecule has 1 amide bonds. The van der Waals surface area contributed by atoms with Crippen molar-refractivity contribution in [3.05, 3.63) is 78.4 Å². The molecule has 0 atom stereocenters. The first-order chi connectivity index (χ1) is 11.3. The van der Waals surface area contributed by atoms with E-state index in [4.69, 9.17) is 0 Å². The first-order valence-electron chi connectivity index (χ1n) is 7.41. The average Bonchev–Trinajstić information content (AvgIpc) is 2.94. The third kappa shape index (κ3) is 3.58. The van der Waals surface area contributed by atoms with E-state index in [1.54, 1.807) is 0 Å². The number of carbonyl (C=O) groups excluding carboxylic acids is 1. The van der Waals surface area contributed by atoms with Crippen LogP contribution < -0.4 is 5.32 Å². The smallest absolute Gasteiger partial charge is 0.211 e. The third-order valence-corrected chi connectivity index (χ3v) is 4.67. The van der Waals surface area contributed by atoms with Crippen LogP contribution >= 0.6 is 11.3 Å². The molecule has 0 saturated carbocycles. The molecule has 0 spiro atoms. The van der Waals surface area contributed by atoms with Crippen molar-refractivity contribution in [1.29, 1.82) is 0 Å². The Balaban J connectivity index is 0.000000151. The van der Waals surface area contributed by atoms with Gasteiger partial charge in [0.15, 0.2) is 0 Å². The molecule has 0 fully saturated rings. The van der Waals surface area contributed by atoms with Crippen LogP contribution in [0.4, 0.5) is 5.69 Å². The van der Waals surface area contributed by atoms with E-state index in [9.17, 15) is 4.79 Å². The van der Waals surface area contributed by atoms with E-state index in [-0.39, 0.29) is 0 Å². The lowest BCUT2D eigenvalue weighted by atomic mass is 10.1. The van der Waals surface area contributed by atoms with E-state index in [1.807, 2.05) is 41.7 Å². The van der Waals surface area contributed by atoms with Crippen molar-refractivity contribution in [2.24, 2.45) is 0 Å². The van der Waals surface area contributed by atoms with Crippen LogP contribution in [0.5, 0.6) is 0 Å². The number of nitrogens with one attached hydrogen (secondary N) is 1. The van der Waals surface area contributed by atoms with Crippen molar-refractivity contribution in [1.82, 2.24) is 0 Å². The van der Waals surface area contributed by atoms with Gasteiger partial charge in [-0.1, -0.05) is 48.5 Å². The molecule has 2 nitrogen and oxygen atoms in total. The van der Waals surface area contributed by atoms with E-state index in [0.29, 0.717) is 6.41 Å². The summed E-state index contributed by atoms with van der Waals surface area (Å²) < 4.78 is 2.78. The lowest BCUT2D eigenvalue weighted by molar-refractivity contribution is -0.105. The Hall–Kier alpha value is -2.65. The van der Waals surface area contributed by atoms with E-state index < -0.39 is 0 Å². The molecule has 1 heterocycles. The minimum absolute atomic E-state index is 0.662. The molecule has 1 aromatic heterocycles. The Labute approximate surface area is 139 Å². The summed E-state index contributed by atoms with van der Waals surface area (Å²) in [7, 11) is 0. The van der Waals surface area contributed by atoms with Gasteiger partial charge in [0.2, 0.25) is 6.41 Å². The topological polar surface area (TPSA) is 29.1 Å². The van der Waals surface area contributed by atoms with Crippen LogP contribution in [0.25, 0.3) is 20.2 Å². The van der Waals surface area contributed by atoms with Gasteiger partial charge in [-0.15, -0.1) is 11.3 Å². The lowest BCUT2D eigenvalue weighted by Gasteiger charge is -1.93. The van der Waals surface area contributed by atoms with Gasteiger partial charge in [-0.05, 0) is 36.8 Å². The molecule has 1 N–H and O–H groups in total. The second-order valence-electron chi connectivity index (χ2n) is 5.23. The summed E-state index contributed by atoms with van der Waals surface area (Å²) in [5, 5.41) is 5.29. The molecule has 0 aliphatic rings. The third-order valence-electron chi connectivity index (χ3n) is 3.53. The number of rotatable bonds is 2. The van der Waals surface area contributed by atoms with Crippen molar-refractivity contribution in [2.75, 3.05) is 5.32 Å². The number of fused-ring (bicyclic) bond motifs is 3. The summed E-state index contributed by atoms with van der Waals surface area (Å²) in [5.41, 5.74) is 2.16. The van der Waals surface area contributed by atoms with E-state index in [2.05, 4.69) is 54.7 Å². The standard InChI is InChI=1S/C13H10S.C7H7NO/c1-9-6-7-11-10-4-2-3-5-12(10)14-13(11)8-9;9-6-8-7-4-2-1-3-5-7/h2-8H,1H3;1-6H,(H,8,9). The SMILES string of the molecule is Cc1ccc2c(c1)sc1ccccc12.O=CNc1ccccc1. The Bertz CT molecular complexity index is 928. The molecule has 3 heteroatoms. The van der Waals surface area contributed by atoms with Crippen LogP contribution in [0.2, 0.25) is 0 Å². The molecule has 0 saturated heterocycles. The van der Waals surface area contributed by atoms with Crippen molar-refractivity contribution in [3.8, 4) is 0 Å². The molecular formula is C20H17NOS. The minimum atomic E-state index is 0.662. The summed E-state index contributed by atoms with van der Waals surface area (Å²) in [5.74, 6) is 0. The molecule has 3 aromatic carbocycles. The van der Waals surface area contributed by atoms with Gasteiger partial charge in [0, 0.05) is 25.9 Å². The molecule has 114 valence electrons. The molecule has 0 aliphatic carbocycles. The van der Waals surface area contributed by atoms with Crippen molar-refractivity contribution < 1.29 is 4.79 Å². The Morgan fingerprint density at radius 2 is 1.52 bits per heavy atom. The van der Waals surface area contributed by atoms with Crippen LogP contribution in [0, 0.1) is 6.92 Å². The number of anilines is 1. The average molecular weight is 319 g/mol. The Morgan fingerprint density at radius 3 is 2.30 bits per heavy atom. The Morgan fingerprint density at radius 1 is 0.826 bits per heavy atom. The van der Waals surface area contributed by atoms with Crippen LogP contribution in [-0.2, 0) is 4.79 Å². The van der Waals surface area contributed by atoms with Crippen LogP contribution in [0.3, 0.4) is 0 Å². The Kier molecular flexibility index (Phi) is 4.69. The fraction of sp³-hybridized carbons (Fsp3) is 0.0500. The summed E-state index contributed by atoms with van der Waals surface area (Å²) in [4.78, 5) is 9.86. The first-order valence-corrected chi connectivity index (χ1v) is 8.23. The zero-order valence-corrected chi connectivity index (χ0v) is 13.6. The lowest BCUT2D eigenvalue weighted by Crippen LogP contribution is -1.91. The zero-order valence-electron chi connectivity index (χ0n) is 12.8. The monoisotopic (exact) mass is 319 g/mol. The molecule has 0 unspecified atom stereocenters. The predicted octanol–water partition coefficient (Wildman–Crippen LogP) is 5.62. The highest BCUT2D eigenvalue weighted by atomic mass is 32.1.